The van der Waals surface area contributed by atoms with Gasteiger partial charge < -0.3 is 0 Å². The van der Waals surface area contributed by atoms with Gasteiger partial charge in [-0.05, 0) is 0 Å². The van der Waals surface area contributed by atoms with Gasteiger partial charge >= 0.3 is 149 Å². The van der Waals surface area contributed by atoms with Crippen LogP contribution in [0, 0.1) is 0 Å². The summed E-state index contributed by atoms with van der Waals surface area (Å²) in [5, 5.41) is 0. The van der Waals surface area contributed by atoms with Crippen molar-refractivity contribution in [2.45, 2.75) is 39.2 Å². The Bertz CT molecular complexity index is 469. The van der Waals surface area contributed by atoms with Gasteiger partial charge in [0.25, 0.3) is 0 Å². The van der Waals surface area contributed by atoms with Gasteiger partial charge in [-0.2, -0.15) is 0 Å². The van der Waals surface area contributed by atoms with Crippen LogP contribution >= 0.6 is 37.9 Å². The van der Waals surface area contributed by atoms with E-state index < -0.39 is 36.3 Å². The molecule has 0 unspecified atom stereocenters. The van der Waals surface area contributed by atoms with Crippen LogP contribution in [0.25, 0.3) is 0 Å². The summed E-state index contributed by atoms with van der Waals surface area (Å²) in [7, 11) is 0. The van der Waals surface area contributed by atoms with Gasteiger partial charge in [0.2, 0.25) is 0 Å². The summed E-state index contributed by atoms with van der Waals surface area (Å²) < 4.78 is 21.8. The van der Waals surface area contributed by atoms with E-state index in [0.29, 0.717) is 0 Å². The third kappa shape index (κ3) is 5.45. The van der Waals surface area contributed by atoms with E-state index in [4.69, 9.17) is 6.64 Å². The first kappa shape index (κ1) is 22.3. The second-order valence-corrected chi connectivity index (χ2v) is 11.7. The molecule has 0 aliphatic carbocycles. The van der Waals surface area contributed by atoms with Crippen molar-refractivity contribution in [3.63, 3.8) is 0 Å². The Balaban J connectivity index is 6.03. The molecule has 0 heterocycles. The van der Waals surface area contributed by atoms with Crippen molar-refractivity contribution in [2.24, 2.45) is 0 Å². The summed E-state index contributed by atoms with van der Waals surface area (Å²) in [5.41, 5.74) is 0. The molecule has 22 heavy (non-hydrogen) atoms. The fourth-order valence-electron chi connectivity index (χ4n) is 1.84. The van der Waals surface area contributed by atoms with Crippen molar-refractivity contribution in [1.82, 2.24) is 0 Å². The van der Waals surface area contributed by atoms with E-state index in [1.165, 1.54) is 13.8 Å². The normalized spacial score (nSPS) is 12.3. The summed E-state index contributed by atoms with van der Waals surface area (Å²) in [4.78, 5) is 36.7. The Morgan fingerprint density at radius 3 is 1.64 bits per heavy atom. The van der Waals surface area contributed by atoms with Crippen LogP contribution in [0.2, 0.25) is 0 Å². The zero-order valence-corrected chi connectivity index (χ0v) is 16.9. The van der Waals surface area contributed by atoms with Gasteiger partial charge in [-0.1, -0.05) is 0 Å². The van der Waals surface area contributed by atoms with Crippen molar-refractivity contribution in [3.8, 4) is 0 Å². The average molecular weight is 406 g/mol. The molecular weight excluding hydrogens is 384 g/mol. The molecule has 0 bridgehead atoms. The molecule has 0 radical (unpaired) electrons. The molecule has 0 spiro atoms. The van der Waals surface area contributed by atoms with Gasteiger partial charge in [-0.15, -0.1) is 0 Å². The maximum absolute atomic E-state index is 13.5. The molecule has 0 amide bonds. The zero-order valence-electron chi connectivity index (χ0n) is 12.6. The van der Waals surface area contributed by atoms with E-state index in [1.807, 2.05) is 0 Å². The number of carbonyl (C=O) groups is 3. The van der Waals surface area contributed by atoms with E-state index in [-0.39, 0.29) is 36.5 Å². The van der Waals surface area contributed by atoms with Crippen LogP contribution < -0.4 is 0 Å². The minimum absolute atomic E-state index is 0.0557. The molecule has 0 fully saturated rings. The first-order valence-corrected chi connectivity index (χ1v) is 12.2. The number of hydrogen-bond acceptors (Lipinski definition) is 9. The molecule has 0 aromatic carbocycles. The molecule has 6 nitrogen and oxygen atoms in total. The Hall–Kier alpha value is 0.334. The van der Waals surface area contributed by atoms with Gasteiger partial charge in [0.05, 0.1) is 0 Å². The standard InChI is InChI=1S/C3H6O2S.2C3H5OS.C3H7O.O.Ti/c4-3(5)1-2-6;2*4-2-1-3-5;1-3(2)4;;/h6H,1-2H2,(H,4,5);2*5H,1,3H2;3H,1-2H3;;/q;;;-1;;+2/p-1. The van der Waals surface area contributed by atoms with Gasteiger partial charge in [-0.3, -0.25) is 0 Å². The van der Waals surface area contributed by atoms with E-state index in [2.05, 4.69) is 37.9 Å². The van der Waals surface area contributed by atoms with E-state index >= 15 is 0 Å². The summed E-state index contributed by atoms with van der Waals surface area (Å²) in [5.74, 6) is -0.701. The predicted octanol–water partition coefficient (Wildman–Crippen LogP) is 1.83. The van der Waals surface area contributed by atoms with Crippen LogP contribution in [0.5, 0.6) is 0 Å². The molecule has 0 N–H and O–H groups in total. The van der Waals surface area contributed by atoms with Crippen LogP contribution in [0.1, 0.15) is 33.1 Å². The molecule has 128 valence electrons. The predicted molar refractivity (Wildman–Crippen MR) is 88.4 cm³/mol. The molecule has 0 saturated heterocycles. The molecule has 0 aliphatic heterocycles. The average Bonchev–Trinajstić information content (AvgIpc) is 2.38. The van der Waals surface area contributed by atoms with E-state index in [0.717, 1.165) is 0 Å². The first-order chi connectivity index (χ1) is 10.1. The van der Waals surface area contributed by atoms with E-state index in [1.54, 1.807) is 0 Å². The second kappa shape index (κ2) is 9.59. The molecule has 0 atom stereocenters. The molecule has 0 aromatic heterocycles. The van der Waals surface area contributed by atoms with Crippen LogP contribution in [-0.4, -0.2) is 37.5 Å². The first-order valence-electron chi connectivity index (χ1n) is 6.83. The summed E-state index contributed by atoms with van der Waals surface area (Å²) >= 11 is 5.14. The van der Waals surface area contributed by atoms with Gasteiger partial charge in [0.1, 0.15) is 0 Å². The van der Waals surface area contributed by atoms with Crippen molar-refractivity contribution in [2.75, 3.05) is 17.3 Å². The van der Waals surface area contributed by atoms with Gasteiger partial charge in [0, 0.05) is 0 Å². The van der Waals surface area contributed by atoms with Crippen molar-refractivity contribution in [3.05, 3.63) is 0 Å². The number of hydrogen-bond donors (Lipinski definition) is 3. The maximum atomic E-state index is 13.5. The summed E-state index contributed by atoms with van der Waals surface area (Å²) in [6.07, 6.45) is -1.49. The van der Waals surface area contributed by atoms with Crippen LogP contribution in [0.15, 0.2) is 0 Å². The number of carbonyl (C=O) groups excluding carboxylic acids is 3. The van der Waals surface area contributed by atoms with Gasteiger partial charge in [-0.25, -0.2) is 0 Å². The van der Waals surface area contributed by atoms with Gasteiger partial charge in [0.15, 0.2) is 0 Å². The van der Waals surface area contributed by atoms with Crippen LogP contribution in [-0.2, 0) is 40.4 Å². The van der Waals surface area contributed by atoms with Crippen LogP contribution in [0.3, 0.4) is 0 Å². The zero-order chi connectivity index (χ0) is 17.4. The van der Waals surface area contributed by atoms with Crippen molar-refractivity contribution < 1.29 is 40.4 Å². The molecule has 0 saturated carbocycles. The Morgan fingerprint density at radius 1 is 0.909 bits per heavy atom. The summed E-state index contributed by atoms with van der Waals surface area (Å²) in [6.45, 7) is 3.02. The number of rotatable bonds is 11. The number of thiol groups is 3. The summed E-state index contributed by atoms with van der Waals surface area (Å²) in [6, 6.07) is 0. The quantitative estimate of drug-likeness (QED) is 0.359. The molecule has 10 heteroatoms. The molecule has 0 aromatic rings. The Labute approximate surface area is 148 Å². The molecule has 0 aliphatic rings. The van der Waals surface area contributed by atoms with Crippen molar-refractivity contribution >= 4 is 52.0 Å². The fraction of sp³-hybridized carbons (Fsp3) is 0.750. The third-order valence-electron chi connectivity index (χ3n) is 2.70. The topological polar surface area (TPSA) is 86.7 Å². The van der Waals surface area contributed by atoms with E-state index in [9.17, 15) is 17.7 Å². The van der Waals surface area contributed by atoms with Crippen molar-refractivity contribution in [1.29, 1.82) is 0 Å². The monoisotopic (exact) mass is 406 g/mol. The fourth-order valence-corrected chi connectivity index (χ4v) is 8.29. The third-order valence-corrected chi connectivity index (χ3v) is 9.50. The SMILES string of the molecule is CC(C)[O][Ti](=[O])([O]C(=O)CCS)([C](=O)CCS)[C](=O)CCS. The van der Waals surface area contributed by atoms with Crippen LogP contribution in [0.4, 0.5) is 0 Å². The molecular formula is C12H22O6S3Ti. The minimum atomic E-state index is -6.56. The Kier molecular flexibility index (Phi) is 9.73. The second-order valence-electron chi connectivity index (χ2n) is 4.90. The Morgan fingerprint density at radius 2 is 1.32 bits per heavy atom. The molecule has 0 rings (SSSR count).